The van der Waals surface area contributed by atoms with Gasteiger partial charge >= 0.3 is 0 Å². The highest BCUT2D eigenvalue weighted by Crippen LogP contribution is 2.45. The molecule has 1 aromatic heterocycles. The number of halogens is 1. The Morgan fingerprint density at radius 2 is 1.79 bits per heavy atom. The number of ether oxygens (including phenoxy) is 1. The third kappa shape index (κ3) is 3.18. The van der Waals surface area contributed by atoms with E-state index in [1.54, 1.807) is 12.0 Å². The van der Waals surface area contributed by atoms with Gasteiger partial charge in [-0.3, -0.25) is 9.69 Å². The zero-order valence-corrected chi connectivity index (χ0v) is 21.1. The summed E-state index contributed by atoms with van der Waals surface area (Å²) in [5.41, 5.74) is 6.30. The number of anilines is 1. The molecular weight excluding hydrogens is 510 g/mol. The molecular formula is C27H22BrN3O2S. The summed E-state index contributed by atoms with van der Waals surface area (Å²) in [6, 6.07) is 21.6. The maximum atomic E-state index is 13.8. The average Bonchev–Trinajstić information content (AvgIpc) is 3.33. The van der Waals surface area contributed by atoms with Crippen LogP contribution >= 0.6 is 28.1 Å². The van der Waals surface area contributed by atoms with Crippen LogP contribution in [0.3, 0.4) is 0 Å². The predicted octanol–water partition coefficient (Wildman–Crippen LogP) is 5.90. The van der Waals surface area contributed by atoms with Crippen molar-refractivity contribution in [2.24, 2.45) is 0 Å². The van der Waals surface area contributed by atoms with Crippen molar-refractivity contribution in [3.8, 4) is 5.75 Å². The monoisotopic (exact) mass is 531 g/mol. The van der Waals surface area contributed by atoms with Gasteiger partial charge in [0.25, 0.3) is 5.91 Å². The van der Waals surface area contributed by atoms with Gasteiger partial charge in [-0.1, -0.05) is 45.8 Å². The van der Waals surface area contributed by atoms with Gasteiger partial charge in [-0.15, -0.1) is 0 Å². The van der Waals surface area contributed by atoms with Crippen LogP contribution in [-0.2, 0) is 11.2 Å². The Kier molecular flexibility index (Phi) is 5.00. The Labute approximate surface area is 211 Å². The van der Waals surface area contributed by atoms with Crippen molar-refractivity contribution in [3.63, 3.8) is 0 Å². The highest BCUT2D eigenvalue weighted by atomic mass is 79.9. The van der Waals surface area contributed by atoms with Gasteiger partial charge in [0.1, 0.15) is 11.8 Å². The molecule has 2 aliphatic heterocycles. The van der Waals surface area contributed by atoms with Gasteiger partial charge in [0.2, 0.25) is 0 Å². The van der Waals surface area contributed by atoms with Gasteiger partial charge in [-0.2, -0.15) is 0 Å². The van der Waals surface area contributed by atoms with Crippen LogP contribution in [0.4, 0.5) is 5.69 Å². The number of thiocarbonyl (C=S) groups is 1. The Morgan fingerprint density at radius 3 is 2.50 bits per heavy atom. The van der Waals surface area contributed by atoms with Crippen LogP contribution in [0.15, 0.2) is 71.2 Å². The first-order chi connectivity index (χ1) is 16.5. The Morgan fingerprint density at radius 1 is 1.06 bits per heavy atom. The molecule has 4 aromatic rings. The lowest BCUT2D eigenvalue weighted by Gasteiger charge is -2.37. The maximum Gasteiger partial charge on any atom is 0.256 e. The first kappa shape index (κ1) is 21.4. The van der Waals surface area contributed by atoms with Gasteiger partial charge in [0, 0.05) is 27.5 Å². The van der Waals surface area contributed by atoms with E-state index in [9.17, 15) is 4.79 Å². The number of aromatic nitrogens is 1. The average molecular weight is 532 g/mol. The van der Waals surface area contributed by atoms with E-state index in [-0.39, 0.29) is 18.0 Å². The van der Waals surface area contributed by atoms with E-state index in [0.29, 0.717) is 11.5 Å². The largest absolute Gasteiger partial charge is 0.497 e. The number of hydrogen-bond acceptors (Lipinski definition) is 3. The topological polar surface area (TPSA) is 48.6 Å². The predicted molar refractivity (Wildman–Crippen MR) is 141 cm³/mol. The number of benzene rings is 3. The second kappa shape index (κ2) is 7.96. The first-order valence-electron chi connectivity index (χ1n) is 11.1. The molecule has 1 N–H and O–H groups in total. The first-order valence-corrected chi connectivity index (χ1v) is 12.3. The fourth-order valence-corrected chi connectivity index (χ4v) is 5.95. The fourth-order valence-electron chi connectivity index (χ4n) is 5.16. The molecule has 1 saturated heterocycles. The Balaban J connectivity index is 1.53. The Hall–Kier alpha value is -3.16. The van der Waals surface area contributed by atoms with Crippen molar-refractivity contribution >= 4 is 55.8 Å². The van der Waals surface area contributed by atoms with Crippen LogP contribution < -0.4 is 9.64 Å². The van der Waals surface area contributed by atoms with E-state index in [0.717, 1.165) is 43.6 Å². The third-order valence-corrected chi connectivity index (χ3v) is 7.71. The molecule has 7 heteroatoms. The molecule has 2 atom stereocenters. The summed E-state index contributed by atoms with van der Waals surface area (Å²) in [5, 5.41) is 1.67. The smallest absolute Gasteiger partial charge is 0.256 e. The molecule has 0 aliphatic carbocycles. The highest BCUT2D eigenvalue weighted by Gasteiger charge is 2.51. The second-order valence-corrected chi connectivity index (χ2v) is 10.1. The molecule has 1 fully saturated rings. The summed E-state index contributed by atoms with van der Waals surface area (Å²) in [6.45, 7) is 2.03. The van der Waals surface area contributed by atoms with E-state index in [2.05, 4.69) is 50.1 Å². The molecule has 0 bridgehead atoms. The van der Waals surface area contributed by atoms with E-state index >= 15 is 0 Å². The molecule has 1 amide bonds. The molecule has 0 spiro atoms. The third-order valence-electron chi connectivity index (χ3n) is 6.83. The SMILES string of the molecule is COc1ccc(C2c3[nH]c4ccc(Br)cc4c3CC3C(=O)N(c4ccc(C)cc4)C(=S)N32)cc1. The number of aryl methyl sites for hydroxylation is 1. The van der Waals surface area contributed by atoms with E-state index < -0.39 is 0 Å². The minimum atomic E-state index is -0.369. The molecule has 2 unspecified atom stereocenters. The van der Waals surface area contributed by atoms with Crippen LogP contribution in [0, 0.1) is 6.92 Å². The molecule has 0 saturated carbocycles. The standard InChI is InChI=1S/C27H22BrN3O2S/c1-15-3-8-18(9-4-15)30-26(32)23-14-21-20-13-17(28)7-12-22(20)29-24(21)25(31(23)27(30)34)16-5-10-19(33-2)11-6-16/h3-13,23,25,29H,14H2,1-2H3. The number of carbonyl (C=O) groups excluding carboxylic acids is 1. The van der Waals surface area contributed by atoms with Crippen molar-refractivity contribution in [2.45, 2.75) is 25.4 Å². The van der Waals surface area contributed by atoms with Gasteiger partial charge in [0.05, 0.1) is 18.8 Å². The molecule has 3 aromatic carbocycles. The summed E-state index contributed by atoms with van der Waals surface area (Å²) in [7, 11) is 1.66. The van der Waals surface area contributed by atoms with Crippen LogP contribution in [-0.4, -0.2) is 34.1 Å². The number of methoxy groups -OCH3 is 1. The molecule has 6 rings (SSSR count). The highest BCUT2D eigenvalue weighted by molar-refractivity contribution is 9.10. The number of hydrogen-bond donors (Lipinski definition) is 1. The van der Waals surface area contributed by atoms with Crippen LogP contribution in [0.25, 0.3) is 10.9 Å². The molecule has 5 nitrogen and oxygen atoms in total. The van der Waals surface area contributed by atoms with Crippen LogP contribution in [0.2, 0.25) is 0 Å². The zero-order chi connectivity index (χ0) is 23.6. The van der Waals surface area contributed by atoms with Crippen molar-refractivity contribution < 1.29 is 9.53 Å². The zero-order valence-electron chi connectivity index (χ0n) is 18.7. The number of nitrogens with one attached hydrogen (secondary N) is 1. The van der Waals surface area contributed by atoms with Gasteiger partial charge in [0.15, 0.2) is 5.11 Å². The molecule has 0 radical (unpaired) electrons. The number of carbonyl (C=O) groups is 1. The summed E-state index contributed by atoms with van der Waals surface area (Å²) in [6.07, 6.45) is 0.597. The molecule has 170 valence electrons. The summed E-state index contributed by atoms with van der Waals surface area (Å²) in [4.78, 5) is 21.2. The normalized spacial score (nSPS) is 19.5. The van der Waals surface area contributed by atoms with Gasteiger partial charge in [-0.25, -0.2) is 0 Å². The van der Waals surface area contributed by atoms with E-state index in [1.807, 2.05) is 49.4 Å². The van der Waals surface area contributed by atoms with Gasteiger partial charge < -0.3 is 14.6 Å². The van der Waals surface area contributed by atoms with Crippen molar-refractivity contribution in [1.82, 2.24) is 9.88 Å². The molecule has 2 aliphatic rings. The van der Waals surface area contributed by atoms with Crippen molar-refractivity contribution in [2.75, 3.05) is 12.0 Å². The molecule has 34 heavy (non-hydrogen) atoms. The summed E-state index contributed by atoms with van der Waals surface area (Å²) < 4.78 is 6.40. The number of H-pyrrole nitrogens is 1. The lowest BCUT2D eigenvalue weighted by molar-refractivity contribution is -0.120. The quantitative estimate of drug-likeness (QED) is 0.334. The number of aromatic amines is 1. The summed E-state index contributed by atoms with van der Waals surface area (Å²) in [5.74, 6) is 0.806. The van der Waals surface area contributed by atoms with Crippen LogP contribution in [0.5, 0.6) is 5.75 Å². The number of rotatable bonds is 3. The van der Waals surface area contributed by atoms with Crippen LogP contribution in [0.1, 0.15) is 28.4 Å². The minimum absolute atomic E-state index is 0.0161. The number of fused-ring (bicyclic) bond motifs is 4. The molecule has 3 heterocycles. The fraction of sp³-hybridized carbons (Fsp3) is 0.185. The van der Waals surface area contributed by atoms with Gasteiger partial charge in [-0.05, 0) is 72.7 Å². The lowest BCUT2D eigenvalue weighted by Crippen LogP contribution is -2.44. The maximum absolute atomic E-state index is 13.8. The lowest BCUT2D eigenvalue weighted by atomic mass is 9.89. The second-order valence-electron chi connectivity index (χ2n) is 8.80. The summed E-state index contributed by atoms with van der Waals surface area (Å²) >= 11 is 9.58. The number of amides is 1. The van der Waals surface area contributed by atoms with Crippen molar-refractivity contribution in [3.05, 3.63) is 93.6 Å². The Bertz CT molecular complexity index is 1450. The number of nitrogens with zero attached hydrogens (tertiary/aromatic N) is 2. The minimum Gasteiger partial charge on any atom is -0.497 e. The van der Waals surface area contributed by atoms with Crippen molar-refractivity contribution in [1.29, 1.82) is 0 Å². The van der Waals surface area contributed by atoms with E-state index in [4.69, 9.17) is 17.0 Å². The van der Waals surface area contributed by atoms with E-state index in [1.165, 1.54) is 5.56 Å².